The maximum Gasteiger partial charge on any atom is 0.123 e. The number of rotatable bonds is 7. The Bertz CT molecular complexity index is 805. The first-order valence-electron chi connectivity index (χ1n) is 8.69. The highest BCUT2D eigenvalue weighted by molar-refractivity contribution is 5.64. The quantitative estimate of drug-likeness (QED) is 0.643. The van der Waals surface area contributed by atoms with E-state index in [9.17, 15) is 9.50 Å². The molecule has 2 N–H and O–H groups in total. The lowest BCUT2D eigenvalue weighted by molar-refractivity contribution is 0.0271. The lowest BCUT2D eigenvalue weighted by Gasteiger charge is -2.34. The van der Waals surface area contributed by atoms with Crippen molar-refractivity contribution in [3.8, 4) is 11.1 Å². The Labute approximate surface area is 155 Å². The molecule has 26 heavy (non-hydrogen) atoms. The Hall–Kier alpha value is -2.65. The van der Waals surface area contributed by atoms with E-state index in [-0.39, 0.29) is 11.7 Å². The van der Waals surface area contributed by atoms with Crippen molar-refractivity contribution in [3.63, 3.8) is 0 Å². The summed E-state index contributed by atoms with van der Waals surface area (Å²) in [5.41, 5.74) is 2.34. The largest absolute Gasteiger partial charge is 0.380 e. The Morgan fingerprint density at radius 3 is 2.46 bits per heavy atom. The van der Waals surface area contributed by atoms with Gasteiger partial charge < -0.3 is 10.4 Å². The maximum absolute atomic E-state index is 13.2. The number of nitrogens with one attached hydrogen (secondary N) is 1. The van der Waals surface area contributed by atoms with Crippen molar-refractivity contribution in [2.24, 2.45) is 5.92 Å². The molecule has 2 aromatic carbocycles. The second-order valence-electron chi connectivity index (χ2n) is 6.60. The Morgan fingerprint density at radius 2 is 1.85 bits per heavy atom. The van der Waals surface area contributed by atoms with Crippen molar-refractivity contribution in [1.29, 1.82) is 0 Å². The van der Waals surface area contributed by atoms with E-state index in [1.165, 1.54) is 12.1 Å². The van der Waals surface area contributed by atoms with Gasteiger partial charge in [0.1, 0.15) is 11.4 Å². The van der Waals surface area contributed by atoms with Crippen LogP contribution < -0.4 is 5.32 Å². The molecule has 0 amide bonds. The molecular weight excluding hydrogens is 325 g/mol. The van der Waals surface area contributed by atoms with Crippen LogP contribution in [0.1, 0.15) is 26.3 Å². The van der Waals surface area contributed by atoms with Crippen molar-refractivity contribution >= 4 is 0 Å². The normalized spacial score (nSPS) is 14.5. The first-order valence-corrected chi connectivity index (χ1v) is 8.69. The van der Waals surface area contributed by atoms with Gasteiger partial charge in [0.15, 0.2) is 0 Å². The van der Waals surface area contributed by atoms with Crippen molar-refractivity contribution in [2.75, 3.05) is 0 Å². The molecule has 0 saturated carbocycles. The van der Waals surface area contributed by atoms with E-state index in [2.05, 4.69) is 11.9 Å². The highest BCUT2D eigenvalue weighted by atomic mass is 19.1. The third-order valence-electron chi connectivity index (χ3n) is 4.55. The molecule has 0 heterocycles. The smallest absolute Gasteiger partial charge is 0.123 e. The van der Waals surface area contributed by atoms with E-state index >= 15 is 0 Å². The third kappa shape index (κ3) is 4.30. The third-order valence-corrected chi connectivity index (χ3v) is 4.55. The van der Waals surface area contributed by atoms with Gasteiger partial charge in [0.05, 0.1) is 0 Å². The van der Waals surface area contributed by atoms with Gasteiger partial charge in [-0.15, -0.1) is 0 Å². The van der Waals surface area contributed by atoms with Gasteiger partial charge in [0.25, 0.3) is 0 Å². The zero-order chi connectivity index (χ0) is 19.2. The van der Waals surface area contributed by atoms with Crippen molar-refractivity contribution in [1.82, 2.24) is 5.32 Å². The highest BCUT2D eigenvalue weighted by Crippen LogP contribution is 2.38. The molecule has 0 bridgehead atoms. The van der Waals surface area contributed by atoms with Gasteiger partial charge in [-0.2, -0.15) is 0 Å². The molecule has 136 valence electrons. The number of hydrogen-bond donors (Lipinski definition) is 2. The average Bonchev–Trinajstić information content (AvgIpc) is 2.65. The van der Waals surface area contributed by atoms with Crippen LogP contribution in [0.2, 0.25) is 0 Å². The zero-order valence-corrected chi connectivity index (χ0v) is 15.5. The molecule has 0 aliphatic heterocycles. The Morgan fingerprint density at radius 1 is 1.15 bits per heavy atom. The zero-order valence-electron chi connectivity index (χ0n) is 15.5. The summed E-state index contributed by atoms with van der Waals surface area (Å²) in [6.45, 7) is 9.50. The monoisotopic (exact) mass is 351 g/mol. The minimum absolute atomic E-state index is 0.0348. The lowest BCUT2D eigenvalue weighted by Crippen LogP contribution is -2.34. The van der Waals surface area contributed by atoms with Gasteiger partial charge in [0, 0.05) is 12.4 Å². The first kappa shape index (κ1) is 19.7. The number of aliphatic hydroxyl groups is 1. The van der Waals surface area contributed by atoms with Gasteiger partial charge in [-0.1, -0.05) is 56.8 Å². The predicted molar refractivity (Wildman–Crippen MR) is 107 cm³/mol. The molecule has 0 aromatic heterocycles. The summed E-state index contributed by atoms with van der Waals surface area (Å²) >= 11 is 0. The molecular formula is C23H26FNO. The number of hydrogen-bond acceptors (Lipinski definition) is 2. The van der Waals surface area contributed by atoms with E-state index in [1.807, 2.05) is 45.0 Å². The van der Waals surface area contributed by atoms with Crippen LogP contribution >= 0.6 is 0 Å². The minimum Gasteiger partial charge on any atom is -0.380 e. The van der Waals surface area contributed by atoms with Crippen molar-refractivity contribution in [3.05, 3.63) is 96.6 Å². The SMILES string of the molecule is C=C/C=C/N/C=C(\C)C(O)(c1cccc(-c2ccc(F)cc2)c1)C(C)C. The molecule has 0 fully saturated rings. The summed E-state index contributed by atoms with van der Waals surface area (Å²) < 4.78 is 13.2. The molecule has 0 aliphatic rings. The van der Waals surface area contributed by atoms with Crippen molar-refractivity contribution < 1.29 is 9.50 Å². The first-order chi connectivity index (χ1) is 12.4. The molecule has 1 atom stereocenters. The average molecular weight is 351 g/mol. The summed E-state index contributed by atoms with van der Waals surface area (Å²) in [4.78, 5) is 0. The second kappa shape index (κ2) is 8.63. The van der Waals surface area contributed by atoms with E-state index < -0.39 is 5.60 Å². The summed E-state index contributed by atoms with van der Waals surface area (Å²) in [6, 6.07) is 14.1. The molecule has 0 spiro atoms. The van der Waals surface area contributed by atoms with Crippen LogP contribution in [0.25, 0.3) is 11.1 Å². The van der Waals surface area contributed by atoms with E-state index in [1.54, 1.807) is 36.7 Å². The van der Waals surface area contributed by atoms with Crippen LogP contribution in [-0.2, 0) is 5.60 Å². The minimum atomic E-state index is -1.12. The van der Waals surface area contributed by atoms with Gasteiger partial charge >= 0.3 is 0 Å². The number of allylic oxidation sites excluding steroid dienone is 2. The summed E-state index contributed by atoms with van der Waals surface area (Å²) in [7, 11) is 0. The summed E-state index contributed by atoms with van der Waals surface area (Å²) in [5, 5.41) is 14.5. The fourth-order valence-electron chi connectivity index (χ4n) is 3.00. The Balaban J connectivity index is 2.43. The lowest BCUT2D eigenvalue weighted by atomic mass is 9.77. The molecule has 0 saturated heterocycles. The molecule has 0 aliphatic carbocycles. The van der Waals surface area contributed by atoms with E-state index in [4.69, 9.17) is 0 Å². The standard InChI is InChI=1S/C23H26FNO/c1-5-6-14-25-16-18(4)23(26,17(2)3)21-9-7-8-20(15-21)19-10-12-22(24)13-11-19/h5-17,25-26H,1H2,2-4H3/b14-6+,18-16+. The summed E-state index contributed by atoms with van der Waals surface area (Å²) in [5.74, 6) is -0.298. The van der Waals surface area contributed by atoms with Crippen molar-refractivity contribution in [2.45, 2.75) is 26.4 Å². The fourth-order valence-corrected chi connectivity index (χ4v) is 3.00. The Kier molecular flexibility index (Phi) is 6.53. The molecule has 1 unspecified atom stereocenters. The fraction of sp³-hybridized carbons (Fsp3) is 0.217. The molecule has 3 heteroatoms. The van der Waals surface area contributed by atoms with E-state index in [0.717, 1.165) is 22.3 Å². The topological polar surface area (TPSA) is 32.3 Å². The van der Waals surface area contributed by atoms with E-state index in [0.29, 0.717) is 0 Å². The molecule has 2 nitrogen and oxygen atoms in total. The van der Waals surface area contributed by atoms with Gasteiger partial charge in [-0.25, -0.2) is 4.39 Å². The van der Waals surface area contributed by atoms with Crippen LogP contribution in [-0.4, -0.2) is 5.11 Å². The molecule has 0 radical (unpaired) electrons. The number of halogens is 1. The number of benzene rings is 2. The summed E-state index contributed by atoms with van der Waals surface area (Å²) in [6.07, 6.45) is 7.01. The van der Waals surface area contributed by atoms with Crippen LogP contribution in [0.3, 0.4) is 0 Å². The predicted octanol–water partition coefficient (Wildman–Crippen LogP) is 5.53. The van der Waals surface area contributed by atoms with Crippen LogP contribution in [0.15, 0.2) is 85.2 Å². The van der Waals surface area contributed by atoms with Crippen LogP contribution in [0.5, 0.6) is 0 Å². The van der Waals surface area contributed by atoms with Crippen LogP contribution in [0.4, 0.5) is 4.39 Å². The van der Waals surface area contributed by atoms with Crippen LogP contribution in [0, 0.1) is 11.7 Å². The van der Waals surface area contributed by atoms with Gasteiger partial charge in [-0.3, -0.25) is 0 Å². The van der Waals surface area contributed by atoms with Gasteiger partial charge in [-0.05, 0) is 59.4 Å². The molecule has 2 aromatic rings. The molecule has 2 rings (SSSR count). The van der Waals surface area contributed by atoms with Gasteiger partial charge in [0.2, 0.25) is 0 Å². The maximum atomic E-state index is 13.2. The highest BCUT2D eigenvalue weighted by Gasteiger charge is 2.35. The second-order valence-corrected chi connectivity index (χ2v) is 6.60.